The molecule has 0 bridgehead atoms. The van der Waals surface area contributed by atoms with Crippen molar-refractivity contribution in [3.63, 3.8) is 0 Å². The van der Waals surface area contributed by atoms with Crippen LogP contribution in [0.3, 0.4) is 0 Å². The number of carboxylic acid groups (broad SMARTS) is 1. The van der Waals surface area contributed by atoms with Gasteiger partial charge in [0.25, 0.3) is 11.5 Å². The molecule has 1 saturated carbocycles. The van der Waals surface area contributed by atoms with Crippen molar-refractivity contribution >= 4 is 22.9 Å². The van der Waals surface area contributed by atoms with Crippen LogP contribution in [0, 0.1) is 0 Å². The minimum Gasteiger partial charge on any atom is -0.480 e. The van der Waals surface area contributed by atoms with E-state index in [4.69, 9.17) is 0 Å². The van der Waals surface area contributed by atoms with Crippen LogP contribution in [0.4, 0.5) is 0 Å². The Morgan fingerprint density at radius 2 is 1.78 bits per heavy atom. The Labute approximate surface area is 211 Å². The van der Waals surface area contributed by atoms with Crippen molar-refractivity contribution in [3.8, 4) is 0 Å². The summed E-state index contributed by atoms with van der Waals surface area (Å²) in [6, 6.07) is 6.50. The number of nitrogens with zero attached hydrogens (tertiary/aromatic N) is 3. The fourth-order valence-electron chi connectivity index (χ4n) is 6.01. The van der Waals surface area contributed by atoms with Gasteiger partial charge in [0.2, 0.25) is 0 Å². The number of hydrogen-bond acceptors (Lipinski definition) is 6. The molecule has 2 aliphatic rings. The Morgan fingerprint density at radius 3 is 2.47 bits per heavy atom. The zero-order valence-corrected chi connectivity index (χ0v) is 21.1. The van der Waals surface area contributed by atoms with Crippen molar-refractivity contribution in [2.45, 2.75) is 95.3 Å². The molecule has 1 aliphatic carbocycles. The van der Waals surface area contributed by atoms with Gasteiger partial charge >= 0.3 is 5.97 Å². The molecule has 1 aliphatic heterocycles. The molecule has 0 radical (unpaired) electrons. The fourth-order valence-corrected chi connectivity index (χ4v) is 6.01. The normalized spacial score (nSPS) is 21.6. The van der Waals surface area contributed by atoms with Crippen LogP contribution in [-0.2, 0) is 4.79 Å². The molecule has 9 nitrogen and oxygen atoms in total. The van der Waals surface area contributed by atoms with E-state index in [1.54, 1.807) is 16.7 Å². The predicted molar refractivity (Wildman–Crippen MR) is 137 cm³/mol. The molecule has 0 spiro atoms. The number of fused-ring (bicyclic) bond motifs is 1. The van der Waals surface area contributed by atoms with E-state index in [0.29, 0.717) is 23.1 Å². The third kappa shape index (κ3) is 5.78. The zero-order valence-electron chi connectivity index (χ0n) is 21.1. The average molecular weight is 499 g/mol. The highest BCUT2D eigenvalue weighted by Gasteiger charge is 2.33. The SMILES string of the molecule is C[C@@H](C[C@@H]1CCCN1C1CCCCCCC1)n1c(=O)c(C(=O)N[C@@H](CO)C(=O)O)nc2ccccc21. The van der Waals surface area contributed by atoms with Gasteiger partial charge in [0, 0.05) is 18.1 Å². The van der Waals surface area contributed by atoms with Crippen LogP contribution in [0.15, 0.2) is 29.1 Å². The number of carboxylic acids is 1. The average Bonchev–Trinajstić information content (AvgIpc) is 3.29. The maximum Gasteiger partial charge on any atom is 0.328 e. The van der Waals surface area contributed by atoms with Crippen LogP contribution >= 0.6 is 0 Å². The molecule has 3 N–H and O–H groups in total. The minimum atomic E-state index is -1.51. The van der Waals surface area contributed by atoms with E-state index in [1.165, 1.54) is 44.9 Å². The van der Waals surface area contributed by atoms with Crippen LogP contribution in [0.5, 0.6) is 0 Å². The quantitative estimate of drug-likeness (QED) is 0.511. The highest BCUT2D eigenvalue weighted by Crippen LogP contribution is 2.32. The summed E-state index contributed by atoms with van der Waals surface area (Å²) < 4.78 is 1.64. The van der Waals surface area contributed by atoms with Crippen LogP contribution in [0.25, 0.3) is 11.0 Å². The number of aliphatic hydroxyl groups excluding tert-OH is 1. The second-order valence-electron chi connectivity index (χ2n) is 10.3. The molecule has 36 heavy (non-hydrogen) atoms. The van der Waals surface area contributed by atoms with Gasteiger partial charge < -0.3 is 20.1 Å². The topological polar surface area (TPSA) is 125 Å². The number of amides is 1. The van der Waals surface area contributed by atoms with E-state index in [1.807, 2.05) is 19.1 Å². The number of carbonyl (C=O) groups is 2. The Balaban J connectivity index is 1.62. The first-order valence-corrected chi connectivity index (χ1v) is 13.3. The van der Waals surface area contributed by atoms with E-state index >= 15 is 0 Å². The van der Waals surface area contributed by atoms with E-state index < -0.39 is 30.1 Å². The second-order valence-corrected chi connectivity index (χ2v) is 10.3. The molecule has 3 atom stereocenters. The van der Waals surface area contributed by atoms with Crippen LogP contribution in [0.1, 0.15) is 87.7 Å². The smallest absolute Gasteiger partial charge is 0.328 e. The summed E-state index contributed by atoms with van der Waals surface area (Å²) in [5.74, 6) is -2.28. The second kappa shape index (κ2) is 12.0. The van der Waals surface area contributed by atoms with Gasteiger partial charge in [-0.1, -0.05) is 44.2 Å². The van der Waals surface area contributed by atoms with Gasteiger partial charge in [0.05, 0.1) is 17.6 Å². The number of aromatic nitrogens is 2. The number of likely N-dealkylation sites (tertiary alicyclic amines) is 1. The summed E-state index contributed by atoms with van der Waals surface area (Å²) in [4.78, 5) is 44.6. The summed E-state index contributed by atoms with van der Waals surface area (Å²) in [7, 11) is 0. The number of carbonyl (C=O) groups excluding carboxylic acids is 1. The van der Waals surface area contributed by atoms with Crippen molar-refractivity contribution in [1.82, 2.24) is 19.8 Å². The summed E-state index contributed by atoms with van der Waals surface area (Å²) in [6.07, 6.45) is 12.1. The van der Waals surface area contributed by atoms with Gasteiger partial charge in [-0.2, -0.15) is 0 Å². The Bertz CT molecular complexity index is 1120. The third-order valence-electron chi connectivity index (χ3n) is 7.82. The molecule has 1 aromatic heterocycles. The number of aliphatic carboxylic acids is 1. The number of para-hydroxylation sites is 2. The monoisotopic (exact) mass is 498 g/mol. The fraction of sp³-hybridized carbons (Fsp3) is 0.630. The highest BCUT2D eigenvalue weighted by atomic mass is 16.4. The predicted octanol–water partition coefficient (Wildman–Crippen LogP) is 3.10. The number of aliphatic hydroxyl groups is 1. The zero-order chi connectivity index (χ0) is 25.7. The maximum absolute atomic E-state index is 13.6. The summed E-state index contributed by atoms with van der Waals surface area (Å²) in [5.41, 5.74) is 0.243. The first-order valence-electron chi connectivity index (χ1n) is 13.3. The lowest BCUT2D eigenvalue weighted by molar-refractivity contribution is -0.140. The van der Waals surface area contributed by atoms with Crippen LogP contribution in [-0.4, -0.2) is 67.8 Å². The van der Waals surface area contributed by atoms with Crippen molar-refractivity contribution < 1.29 is 19.8 Å². The first-order chi connectivity index (χ1) is 17.4. The largest absolute Gasteiger partial charge is 0.480 e. The van der Waals surface area contributed by atoms with Crippen LogP contribution < -0.4 is 10.9 Å². The first kappa shape index (κ1) is 26.3. The Morgan fingerprint density at radius 1 is 1.08 bits per heavy atom. The van der Waals surface area contributed by atoms with Crippen molar-refractivity contribution in [1.29, 1.82) is 0 Å². The Kier molecular flexibility index (Phi) is 8.74. The number of hydrogen-bond donors (Lipinski definition) is 3. The van der Waals surface area contributed by atoms with Crippen molar-refractivity contribution in [2.24, 2.45) is 0 Å². The highest BCUT2D eigenvalue weighted by molar-refractivity contribution is 5.96. The molecule has 196 valence electrons. The number of benzene rings is 1. The molecular weight excluding hydrogens is 460 g/mol. The lowest BCUT2D eigenvalue weighted by Gasteiger charge is -2.36. The molecule has 2 heterocycles. The molecule has 1 aromatic carbocycles. The minimum absolute atomic E-state index is 0.177. The number of nitrogens with one attached hydrogen (secondary N) is 1. The van der Waals surface area contributed by atoms with Gasteiger partial charge in [0.1, 0.15) is 0 Å². The molecule has 0 unspecified atom stereocenters. The molecule has 1 amide bonds. The lowest BCUT2D eigenvalue weighted by atomic mass is 9.94. The van der Waals surface area contributed by atoms with Gasteiger partial charge in [-0.25, -0.2) is 9.78 Å². The summed E-state index contributed by atoms with van der Waals surface area (Å²) >= 11 is 0. The van der Waals surface area contributed by atoms with Crippen molar-refractivity contribution in [3.05, 3.63) is 40.3 Å². The lowest BCUT2D eigenvalue weighted by Crippen LogP contribution is -2.46. The van der Waals surface area contributed by atoms with E-state index in [2.05, 4.69) is 15.2 Å². The summed E-state index contributed by atoms with van der Waals surface area (Å²) in [5, 5.41) is 20.7. The van der Waals surface area contributed by atoms with Crippen molar-refractivity contribution in [2.75, 3.05) is 13.2 Å². The molecule has 4 rings (SSSR count). The van der Waals surface area contributed by atoms with Gasteiger partial charge in [-0.3, -0.25) is 14.5 Å². The molecule has 9 heteroatoms. The Hall–Kier alpha value is -2.78. The van der Waals surface area contributed by atoms with E-state index in [9.17, 15) is 24.6 Å². The van der Waals surface area contributed by atoms with Gasteiger partial charge in [-0.15, -0.1) is 0 Å². The van der Waals surface area contributed by atoms with E-state index in [0.717, 1.165) is 25.8 Å². The molecule has 1 saturated heterocycles. The maximum atomic E-state index is 13.6. The number of rotatable bonds is 8. The third-order valence-corrected chi connectivity index (χ3v) is 7.82. The molecular formula is C27H38N4O5. The van der Waals surface area contributed by atoms with Gasteiger partial charge in [0.15, 0.2) is 11.7 Å². The molecule has 2 fully saturated rings. The van der Waals surface area contributed by atoms with Crippen LogP contribution in [0.2, 0.25) is 0 Å². The molecule has 2 aromatic rings. The van der Waals surface area contributed by atoms with E-state index in [-0.39, 0.29) is 11.7 Å². The summed E-state index contributed by atoms with van der Waals surface area (Å²) in [6.45, 7) is 2.33. The van der Waals surface area contributed by atoms with Gasteiger partial charge in [-0.05, 0) is 57.7 Å². The standard InChI is InChI=1S/C27H38N4O5/c1-18(16-20-12-9-15-30(20)19-10-5-3-2-4-6-11-19)31-23-14-8-7-13-21(23)28-24(26(31)34)25(33)29-22(17-32)27(35)36/h7-8,13-14,18-20,22,32H,2-6,9-12,15-17H2,1H3,(H,29,33)(H,35,36)/t18-,20-,22-/m0/s1.